The third kappa shape index (κ3) is 2.46. The molecule has 0 aliphatic carbocycles. The monoisotopic (exact) mass is 241 g/mol. The van der Waals surface area contributed by atoms with Crippen molar-refractivity contribution in [2.45, 2.75) is 0 Å². The molecule has 2 aromatic carbocycles. The first kappa shape index (κ1) is 12.5. The maximum Gasteiger partial charge on any atom is 0 e. The van der Waals surface area contributed by atoms with Crippen LogP contribution >= 0.6 is 12.4 Å². The van der Waals surface area contributed by atoms with E-state index < -0.39 is 0 Å². The predicted octanol–water partition coefficient (Wildman–Crippen LogP) is 3.44. The minimum absolute atomic E-state index is 0. The van der Waals surface area contributed by atoms with Crippen LogP contribution in [0.2, 0.25) is 0 Å². The van der Waals surface area contributed by atoms with Gasteiger partial charge in [-0.2, -0.15) is 18.6 Å². The molecule has 0 unspecified atom stereocenters. The zero-order valence-corrected chi connectivity index (χ0v) is 11.1. The van der Waals surface area contributed by atoms with Gasteiger partial charge in [0.15, 0.2) is 0 Å². The fourth-order valence-electron chi connectivity index (χ4n) is 1.29. The zero-order valence-electron chi connectivity index (χ0n) is 7.36. The van der Waals surface area contributed by atoms with Crippen LogP contribution < -0.4 is 0 Å². The van der Waals surface area contributed by atoms with Gasteiger partial charge in [0.25, 0.3) is 0 Å². The second kappa shape index (κ2) is 5.26. The summed E-state index contributed by atoms with van der Waals surface area (Å²) < 4.78 is 0. The Labute approximate surface area is 97.5 Å². The summed E-state index contributed by atoms with van der Waals surface area (Å²) in [5.74, 6) is 0. The summed E-state index contributed by atoms with van der Waals surface area (Å²) >= 11 is 0. The Balaban J connectivity index is 0.000000720. The van der Waals surface area contributed by atoms with E-state index in [2.05, 4.69) is 25.1 Å². The Morgan fingerprint density at radius 1 is 0.846 bits per heavy atom. The van der Waals surface area contributed by atoms with Gasteiger partial charge < -0.3 is 0 Å². The summed E-state index contributed by atoms with van der Waals surface area (Å²) in [6.45, 7) is 3.95. The molecule has 64 valence electrons. The van der Waals surface area contributed by atoms with Crippen LogP contribution in [0, 0.1) is 6.92 Å². The van der Waals surface area contributed by atoms with Gasteiger partial charge in [0.05, 0.1) is 0 Å². The van der Waals surface area contributed by atoms with Crippen LogP contribution in [0.25, 0.3) is 10.8 Å². The summed E-state index contributed by atoms with van der Waals surface area (Å²) in [6, 6.07) is 14.4. The van der Waals surface area contributed by atoms with E-state index in [4.69, 9.17) is 0 Å². The van der Waals surface area contributed by atoms with Gasteiger partial charge in [0.1, 0.15) is 0 Å². The standard InChI is InChI=1S/C11H9.ClH.Zn/c1-9-5-4-7-10-6-2-3-8-11(9)10;;/h2-8H,1H2;1H;/q-1;;. The number of hydrogen-bond donors (Lipinski definition) is 0. The minimum Gasteiger partial charge on any atom is -0.198 e. The van der Waals surface area contributed by atoms with Crippen molar-refractivity contribution in [3.05, 3.63) is 55.0 Å². The van der Waals surface area contributed by atoms with Crippen molar-refractivity contribution < 1.29 is 19.5 Å². The molecule has 0 aromatic heterocycles. The van der Waals surface area contributed by atoms with Crippen LogP contribution in [0.15, 0.2) is 42.5 Å². The molecule has 2 aromatic rings. The topological polar surface area (TPSA) is 0 Å². The van der Waals surface area contributed by atoms with E-state index in [1.165, 1.54) is 10.8 Å². The molecule has 0 atom stereocenters. The Morgan fingerprint density at radius 3 is 2.15 bits per heavy atom. The Bertz CT molecular complexity index is 379. The molecule has 0 radical (unpaired) electrons. The molecule has 0 bridgehead atoms. The minimum atomic E-state index is 0. The maximum atomic E-state index is 3.95. The van der Waals surface area contributed by atoms with Crippen molar-refractivity contribution in [2.24, 2.45) is 0 Å². The van der Waals surface area contributed by atoms with Gasteiger partial charge in [0, 0.05) is 19.5 Å². The average Bonchev–Trinajstić information content (AvgIpc) is 2.06. The molecule has 0 nitrogen and oxygen atoms in total. The summed E-state index contributed by atoms with van der Waals surface area (Å²) in [4.78, 5) is 0. The first-order valence-corrected chi connectivity index (χ1v) is 3.67. The molecule has 13 heavy (non-hydrogen) atoms. The van der Waals surface area contributed by atoms with E-state index in [9.17, 15) is 0 Å². The van der Waals surface area contributed by atoms with Gasteiger partial charge >= 0.3 is 0 Å². The fraction of sp³-hybridized carbons (Fsp3) is 0. The van der Waals surface area contributed by atoms with Gasteiger partial charge in [0.2, 0.25) is 0 Å². The van der Waals surface area contributed by atoms with Crippen LogP contribution in [0.4, 0.5) is 0 Å². The summed E-state index contributed by atoms with van der Waals surface area (Å²) in [7, 11) is 0. The molecule has 0 amide bonds. The van der Waals surface area contributed by atoms with E-state index in [0.29, 0.717) is 0 Å². The Hall–Kier alpha value is -0.517. The maximum absolute atomic E-state index is 3.95. The van der Waals surface area contributed by atoms with Gasteiger partial charge in [-0.05, 0) is 0 Å². The molecule has 0 saturated carbocycles. The predicted molar refractivity (Wildman–Crippen MR) is 55.7 cm³/mol. The van der Waals surface area contributed by atoms with Crippen molar-refractivity contribution >= 4 is 23.2 Å². The number of fused-ring (bicyclic) bond motifs is 1. The van der Waals surface area contributed by atoms with Gasteiger partial charge in [-0.3, -0.25) is 0 Å². The number of rotatable bonds is 0. The largest absolute Gasteiger partial charge is 0.198 e. The molecular formula is C11H10ClZn-. The van der Waals surface area contributed by atoms with Gasteiger partial charge in [-0.15, -0.1) is 29.9 Å². The summed E-state index contributed by atoms with van der Waals surface area (Å²) in [6.07, 6.45) is 0. The van der Waals surface area contributed by atoms with Crippen molar-refractivity contribution in [1.82, 2.24) is 0 Å². The van der Waals surface area contributed by atoms with Crippen molar-refractivity contribution in [3.8, 4) is 0 Å². The van der Waals surface area contributed by atoms with Crippen LogP contribution in [0.5, 0.6) is 0 Å². The van der Waals surface area contributed by atoms with E-state index in [-0.39, 0.29) is 31.9 Å². The smallest absolute Gasteiger partial charge is 0 e. The molecule has 0 fully saturated rings. The van der Waals surface area contributed by atoms with Crippen molar-refractivity contribution in [2.75, 3.05) is 0 Å². The van der Waals surface area contributed by atoms with Crippen molar-refractivity contribution in [1.29, 1.82) is 0 Å². The number of hydrogen-bond acceptors (Lipinski definition) is 0. The van der Waals surface area contributed by atoms with E-state index in [1.54, 1.807) is 0 Å². The molecule has 0 aliphatic heterocycles. The molecule has 0 saturated heterocycles. The van der Waals surface area contributed by atoms with Gasteiger partial charge in [-0.25, -0.2) is 0 Å². The fourth-order valence-corrected chi connectivity index (χ4v) is 1.29. The SMILES string of the molecule is Cl.[CH2-]c1cccc2ccccc12.[Zn]. The molecule has 0 heterocycles. The first-order valence-electron chi connectivity index (χ1n) is 3.67. The van der Waals surface area contributed by atoms with Crippen LogP contribution in [-0.2, 0) is 19.5 Å². The van der Waals surface area contributed by atoms with E-state index >= 15 is 0 Å². The zero-order chi connectivity index (χ0) is 7.68. The molecule has 0 aliphatic rings. The first-order chi connectivity index (χ1) is 5.38. The Kier molecular flexibility index (Phi) is 5.06. The van der Waals surface area contributed by atoms with Crippen LogP contribution in [-0.4, -0.2) is 0 Å². The normalized spacial score (nSPS) is 8.62. The number of benzene rings is 2. The molecule has 0 spiro atoms. The third-order valence-electron chi connectivity index (χ3n) is 1.88. The quantitative estimate of drug-likeness (QED) is 0.491. The van der Waals surface area contributed by atoms with Crippen molar-refractivity contribution in [3.63, 3.8) is 0 Å². The number of halogens is 1. The second-order valence-electron chi connectivity index (χ2n) is 2.64. The molecular weight excluding hydrogens is 233 g/mol. The molecule has 0 N–H and O–H groups in total. The van der Waals surface area contributed by atoms with E-state index in [1.807, 2.05) is 24.3 Å². The van der Waals surface area contributed by atoms with E-state index in [0.717, 1.165) is 5.56 Å². The van der Waals surface area contributed by atoms with Crippen LogP contribution in [0.3, 0.4) is 0 Å². The second-order valence-corrected chi connectivity index (χ2v) is 2.64. The third-order valence-corrected chi connectivity index (χ3v) is 1.88. The summed E-state index contributed by atoms with van der Waals surface area (Å²) in [5.41, 5.74) is 1.10. The molecule has 2 rings (SSSR count). The molecule has 2 heteroatoms. The average molecular weight is 243 g/mol. The summed E-state index contributed by atoms with van der Waals surface area (Å²) in [5, 5.41) is 2.51. The Morgan fingerprint density at radius 2 is 1.46 bits per heavy atom. The van der Waals surface area contributed by atoms with Crippen LogP contribution in [0.1, 0.15) is 5.56 Å². The van der Waals surface area contributed by atoms with Gasteiger partial charge in [-0.1, -0.05) is 29.7 Å².